The van der Waals surface area contributed by atoms with Gasteiger partial charge in [-0.2, -0.15) is 0 Å². The first-order valence-corrected chi connectivity index (χ1v) is 9.27. The second kappa shape index (κ2) is 7.63. The number of nitrogens with zero attached hydrogens (tertiary/aromatic N) is 1. The molecular formula is C15H17Br2N3O2S. The Balaban J connectivity index is 1.88. The summed E-state index contributed by atoms with van der Waals surface area (Å²) in [7, 11) is 0. The molecule has 124 valence electrons. The minimum absolute atomic E-state index is 0.450. The molecular weight excluding hydrogens is 446 g/mol. The number of hydrogen-bond acceptors (Lipinski definition) is 5. The fourth-order valence-corrected chi connectivity index (χ4v) is 3.76. The van der Waals surface area contributed by atoms with Crippen molar-refractivity contribution in [1.82, 2.24) is 4.98 Å². The molecule has 0 aliphatic heterocycles. The molecule has 0 aliphatic carbocycles. The first kappa shape index (κ1) is 18.2. The summed E-state index contributed by atoms with van der Waals surface area (Å²) in [4.78, 5) is 17.0. The van der Waals surface area contributed by atoms with Gasteiger partial charge in [0.05, 0.1) is 15.7 Å². The summed E-state index contributed by atoms with van der Waals surface area (Å²) in [5.41, 5.74) is 0.342. The van der Waals surface area contributed by atoms with Gasteiger partial charge < -0.3 is 10.1 Å². The number of rotatable bonds is 4. The van der Waals surface area contributed by atoms with E-state index in [0.717, 1.165) is 13.9 Å². The van der Waals surface area contributed by atoms with Crippen LogP contribution < -0.4 is 10.6 Å². The highest BCUT2D eigenvalue weighted by Gasteiger charge is 2.16. The van der Waals surface area contributed by atoms with Crippen molar-refractivity contribution in [2.45, 2.75) is 32.9 Å². The van der Waals surface area contributed by atoms with E-state index < -0.39 is 11.7 Å². The third-order valence-corrected chi connectivity index (χ3v) is 5.81. The molecule has 0 bridgehead atoms. The molecule has 0 unspecified atom stereocenters. The fourth-order valence-electron chi connectivity index (χ4n) is 1.65. The van der Waals surface area contributed by atoms with Crippen LogP contribution >= 0.6 is 43.2 Å². The molecule has 0 saturated heterocycles. The van der Waals surface area contributed by atoms with Crippen LogP contribution in [0.25, 0.3) is 0 Å². The van der Waals surface area contributed by atoms with Gasteiger partial charge in [-0.25, -0.2) is 9.78 Å². The smallest absolute Gasteiger partial charge is 0.413 e. The van der Waals surface area contributed by atoms with E-state index in [2.05, 4.69) is 53.5 Å². The van der Waals surface area contributed by atoms with E-state index in [1.54, 1.807) is 23.6 Å². The number of thiophene rings is 1. The van der Waals surface area contributed by atoms with Gasteiger partial charge in [-0.05, 0) is 70.8 Å². The van der Waals surface area contributed by atoms with Crippen LogP contribution in [-0.4, -0.2) is 16.7 Å². The van der Waals surface area contributed by atoms with Crippen LogP contribution in [0.1, 0.15) is 25.6 Å². The molecule has 0 spiro atoms. The first-order valence-electron chi connectivity index (χ1n) is 6.86. The summed E-state index contributed by atoms with van der Waals surface area (Å²) in [5.74, 6) is 0.450. The van der Waals surface area contributed by atoms with E-state index in [1.165, 1.54) is 4.88 Å². The average molecular weight is 463 g/mol. The van der Waals surface area contributed by atoms with E-state index in [1.807, 2.05) is 26.8 Å². The highest BCUT2D eigenvalue weighted by molar-refractivity contribution is 9.13. The van der Waals surface area contributed by atoms with Crippen molar-refractivity contribution in [1.29, 1.82) is 0 Å². The highest BCUT2D eigenvalue weighted by atomic mass is 79.9. The van der Waals surface area contributed by atoms with Gasteiger partial charge in [0.15, 0.2) is 0 Å². The first-order chi connectivity index (χ1) is 10.7. The summed E-state index contributed by atoms with van der Waals surface area (Å²) in [5, 5.41) is 5.88. The van der Waals surface area contributed by atoms with Crippen molar-refractivity contribution in [2.24, 2.45) is 0 Å². The van der Waals surface area contributed by atoms with Crippen molar-refractivity contribution >= 4 is 60.8 Å². The number of ether oxygens (including phenoxy) is 1. The summed E-state index contributed by atoms with van der Waals surface area (Å²) in [6.07, 6.45) is 1.16. The van der Waals surface area contributed by atoms with Crippen molar-refractivity contribution in [2.75, 3.05) is 10.6 Å². The Labute approximate surface area is 156 Å². The molecule has 2 heterocycles. The lowest BCUT2D eigenvalue weighted by Gasteiger charge is -2.19. The lowest BCUT2D eigenvalue weighted by molar-refractivity contribution is 0.0635. The van der Waals surface area contributed by atoms with E-state index >= 15 is 0 Å². The number of hydrogen-bond donors (Lipinski definition) is 2. The van der Waals surface area contributed by atoms with Gasteiger partial charge in [0.1, 0.15) is 11.4 Å². The zero-order chi connectivity index (χ0) is 17.0. The van der Waals surface area contributed by atoms with Gasteiger partial charge in [-0.1, -0.05) is 0 Å². The van der Waals surface area contributed by atoms with Gasteiger partial charge in [0.25, 0.3) is 0 Å². The molecule has 0 aliphatic rings. The second-order valence-electron chi connectivity index (χ2n) is 5.75. The number of anilines is 2. The molecule has 5 nitrogen and oxygen atoms in total. The van der Waals surface area contributed by atoms with Crippen LogP contribution in [0.15, 0.2) is 32.7 Å². The largest absolute Gasteiger partial charge is 0.444 e. The normalized spacial score (nSPS) is 11.2. The zero-order valence-electron chi connectivity index (χ0n) is 12.9. The maximum atomic E-state index is 11.7. The second-order valence-corrected chi connectivity index (χ2v) is 9.06. The maximum absolute atomic E-state index is 11.7. The zero-order valence-corrected chi connectivity index (χ0v) is 16.9. The van der Waals surface area contributed by atoms with E-state index in [-0.39, 0.29) is 0 Å². The number of nitrogens with one attached hydrogen (secondary N) is 2. The Morgan fingerprint density at radius 2 is 2.09 bits per heavy atom. The van der Waals surface area contributed by atoms with Crippen molar-refractivity contribution in [3.05, 3.63) is 37.5 Å². The number of amides is 1. The molecule has 0 fully saturated rings. The van der Waals surface area contributed by atoms with Gasteiger partial charge in [0.2, 0.25) is 0 Å². The maximum Gasteiger partial charge on any atom is 0.413 e. The molecule has 0 aromatic carbocycles. The molecule has 2 N–H and O–H groups in total. The standard InChI is InChI=1S/C15H17Br2N3O2S/c1-15(2,3)22-14(21)20-12-5-4-9(7-19-12)18-8-10-6-11(16)13(17)23-10/h4-7,18H,8H2,1-3H3,(H,19,20,21). The van der Waals surface area contributed by atoms with Crippen molar-refractivity contribution < 1.29 is 9.53 Å². The Morgan fingerprint density at radius 3 is 2.61 bits per heavy atom. The number of pyridine rings is 1. The molecule has 2 rings (SSSR count). The van der Waals surface area contributed by atoms with E-state index in [9.17, 15) is 4.79 Å². The number of aromatic nitrogens is 1. The molecule has 0 atom stereocenters. The number of carbonyl (C=O) groups is 1. The fraction of sp³-hybridized carbons (Fsp3) is 0.333. The third kappa shape index (κ3) is 6.12. The number of carbonyl (C=O) groups excluding carboxylic acids is 1. The summed E-state index contributed by atoms with van der Waals surface area (Å²) in [6, 6.07) is 5.65. The molecule has 0 radical (unpaired) electrons. The van der Waals surface area contributed by atoms with Gasteiger partial charge in [-0.15, -0.1) is 11.3 Å². The summed E-state index contributed by atoms with van der Waals surface area (Å²) in [6.45, 7) is 6.15. The molecule has 0 saturated carbocycles. The SMILES string of the molecule is CC(C)(C)OC(=O)Nc1ccc(NCc2cc(Br)c(Br)s2)cn1. The summed E-state index contributed by atoms with van der Waals surface area (Å²) < 4.78 is 7.30. The number of halogens is 2. The average Bonchev–Trinajstić information content (AvgIpc) is 2.75. The van der Waals surface area contributed by atoms with Gasteiger partial charge in [0, 0.05) is 15.9 Å². The van der Waals surface area contributed by atoms with Crippen LogP contribution in [0.4, 0.5) is 16.3 Å². The molecule has 8 heteroatoms. The molecule has 2 aromatic rings. The Morgan fingerprint density at radius 1 is 1.35 bits per heavy atom. The third-order valence-electron chi connectivity index (χ3n) is 2.56. The topological polar surface area (TPSA) is 63.2 Å². The van der Waals surface area contributed by atoms with Gasteiger partial charge in [-0.3, -0.25) is 5.32 Å². The van der Waals surface area contributed by atoms with Crippen LogP contribution in [0, 0.1) is 0 Å². The lowest BCUT2D eigenvalue weighted by atomic mass is 10.2. The Kier molecular flexibility index (Phi) is 6.05. The van der Waals surface area contributed by atoms with E-state index in [0.29, 0.717) is 12.4 Å². The minimum Gasteiger partial charge on any atom is -0.444 e. The Hall–Kier alpha value is -1.12. The van der Waals surface area contributed by atoms with Crippen molar-refractivity contribution in [3.63, 3.8) is 0 Å². The lowest BCUT2D eigenvalue weighted by Crippen LogP contribution is -2.27. The van der Waals surface area contributed by atoms with Crippen molar-refractivity contribution in [3.8, 4) is 0 Å². The van der Waals surface area contributed by atoms with E-state index in [4.69, 9.17) is 4.74 Å². The predicted molar refractivity (Wildman–Crippen MR) is 101 cm³/mol. The molecule has 2 aromatic heterocycles. The quantitative estimate of drug-likeness (QED) is 0.618. The Bertz CT molecular complexity index is 662. The minimum atomic E-state index is -0.533. The van der Waals surface area contributed by atoms with Crippen LogP contribution in [-0.2, 0) is 11.3 Å². The molecule has 1 amide bonds. The predicted octanol–water partition coefficient (Wildman–Crippen LogP) is 5.63. The van der Waals surface area contributed by atoms with Gasteiger partial charge >= 0.3 is 6.09 Å². The highest BCUT2D eigenvalue weighted by Crippen LogP contribution is 2.32. The van der Waals surface area contributed by atoms with Crippen LogP contribution in [0.2, 0.25) is 0 Å². The molecule has 23 heavy (non-hydrogen) atoms. The van der Waals surface area contributed by atoms with Crippen LogP contribution in [0.3, 0.4) is 0 Å². The monoisotopic (exact) mass is 461 g/mol. The summed E-state index contributed by atoms with van der Waals surface area (Å²) >= 11 is 8.61. The van der Waals surface area contributed by atoms with Crippen LogP contribution in [0.5, 0.6) is 0 Å².